The SMILES string of the molecule is CCCCCCCCCCCCCCCCC[n+]1ccn(-c2ccccc2)c1-c1ccccc1. The monoisotopic (exact) mass is 459 g/mol. The van der Waals surface area contributed by atoms with Crippen molar-refractivity contribution in [1.82, 2.24) is 4.57 Å². The lowest BCUT2D eigenvalue weighted by atomic mass is 10.0. The summed E-state index contributed by atoms with van der Waals surface area (Å²) in [5.41, 5.74) is 2.49. The van der Waals surface area contributed by atoms with E-state index in [1.54, 1.807) is 0 Å². The molecule has 0 aliphatic rings. The molecule has 2 heteroatoms. The Morgan fingerprint density at radius 3 is 1.56 bits per heavy atom. The van der Waals surface area contributed by atoms with Gasteiger partial charge in [0.1, 0.15) is 18.1 Å². The summed E-state index contributed by atoms with van der Waals surface area (Å²) in [6, 6.07) is 21.5. The molecule has 2 aromatic carbocycles. The van der Waals surface area contributed by atoms with E-state index in [1.807, 2.05) is 0 Å². The molecule has 2 nitrogen and oxygen atoms in total. The minimum atomic E-state index is 1.09. The molecule has 1 heterocycles. The Labute approximate surface area is 209 Å². The van der Waals surface area contributed by atoms with Gasteiger partial charge in [0, 0.05) is 0 Å². The first-order valence-electron chi connectivity index (χ1n) is 14.1. The quantitative estimate of drug-likeness (QED) is 0.132. The summed E-state index contributed by atoms with van der Waals surface area (Å²) in [4.78, 5) is 0. The summed E-state index contributed by atoms with van der Waals surface area (Å²) < 4.78 is 4.76. The number of aryl methyl sites for hydroxylation is 1. The predicted octanol–water partition coefficient (Wildman–Crippen LogP) is 9.30. The summed E-state index contributed by atoms with van der Waals surface area (Å²) in [6.45, 7) is 3.38. The second kappa shape index (κ2) is 16.3. The van der Waals surface area contributed by atoms with Crippen LogP contribution in [0.4, 0.5) is 0 Å². The van der Waals surface area contributed by atoms with Crippen LogP contribution < -0.4 is 4.57 Å². The molecular formula is C32H47N2+. The van der Waals surface area contributed by atoms with Gasteiger partial charge in [0.25, 0.3) is 5.82 Å². The molecule has 0 amide bonds. The van der Waals surface area contributed by atoms with Gasteiger partial charge in [0.05, 0.1) is 12.1 Å². The first kappa shape index (κ1) is 26.3. The van der Waals surface area contributed by atoms with Gasteiger partial charge in [-0.05, 0) is 37.1 Å². The highest BCUT2D eigenvalue weighted by Gasteiger charge is 2.20. The number of hydrogen-bond acceptors (Lipinski definition) is 0. The van der Waals surface area contributed by atoms with Crippen molar-refractivity contribution < 1.29 is 4.57 Å². The van der Waals surface area contributed by atoms with E-state index in [4.69, 9.17) is 0 Å². The van der Waals surface area contributed by atoms with Gasteiger partial charge in [-0.25, -0.2) is 4.57 Å². The molecule has 34 heavy (non-hydrogen) atoms. The molecule has 0 unspecified atom stereocenters. The summed E-state index contributed by atoms with van der Waals surface area (Å²) in [7, 11) is 0. The van der Waals surface area contributed by atoms with Crippen LogP contribution in [0, 0.1) is 0 Å². The molecule has 0 aliphatic heterocycles. The van der Waals surface area contributed by atoms with E-state index in [1.165, 1.54) is 113 Å². The summed E-state index contributed by atoms with van der Waals surface area (Å²) >= 11 is 0. The van der Waals surface area contributed by atoms with E-state index in [-0.39, 0.29) is 0 Å². The molecule has 3 rings (SSSR count). The van der Waals surface area contributed by atoms with Gasteiger partial charge in [-0.3, -0.25) is 0 Å². The molecule has 0 bridgehead atoms. The molecule has 1 aromatic heterocycles. The molecule has 0 saturated heterocycles. The number of nitrogens with zero attached hydrogens (tertiary/aromatic N) is 2. The number of rotatable bonds is 18. The minimum Gasteiger partial charge on any atom is -0.230 e. The van der Waals surface area contributed by atoms with Crippen LogP contribution in [-0.4, -0.2) is 4.57 Å². The van der Waals surface area contributed by atoms with Crippen molar-refractivity contribution >= 4 is 0 Å². The minimum absolute atomic E-state index is 1.09. The maximum atomic E-state index is 2.44. The molecule has 0 spiro atoms. The van der Waals surface area contributed by atoms with Crippen LogP contribution in [0.1, 0.15) is 103 Å². The van der Waals surface area contributed by atoms with Crippen LogP contribution in [0.15, 0.2) is 73.1 Å². The number of unbranched alkanes of at least 4 members (excludes halogenated alkanes) is 14. The number of aromatic nitrogens is 2. The largest absolute Gasteiger partial charge is 0.294 e. The first-order chi connectivity index (χ1) is 16.9. The number of para-hydroxylation sites is 1. The average molecular weight is 460 g/mol. The van der Waals surface area contributed by atoms with Crippen molar-refractivity contribution in [2.75, 3.05) is 0 Å². The Bertz CT molecular complexity index is 882. The fourth-order valence-electron chi connectivity index (χ4n) is 4.95. The molecule has 3 aromatic rings. The number of imidazole rings is 1. The molecule has 0 fully saturated rings. The van der Waals surface area contributed by atoms with Crippen molar-refractivity contribution in [3.63, 3.8) is 0 Å². The first-order valence-corrected chi connectivity index (χ1v) is 14.1. The fraction of sp³-hybridized carbons (Fsp3) is 0.531. The van der Waals surface area contributed by atoms with Crippen LogP contribution in [0.2, 0.25) is 0 Å². The average Bonchev–Trinajstić information content (AvgIpc) is 3.31. The Morgan fingerprint density at radius 2 is 1.03 bits per heavy atom. The topological polar surface area (TPSA) is 8.81 Å². The second-order valence-electron chi connectivity index (χ2n) is 9.84. The van der Waals surface area contributed by atoms with E-state index < -0.39 is 0 Å². The number of benzene rings is 2. The predicted molar refractivity (Wildman–Crippen MR) is 146 cm³/mol. The van der Waals surface area contributed by atoms with E-state index >= 15 is 0 Å². The van der Waals surface area contributed by atoms with Crippen molar-refractivity contribution in [2.24, 2.45) is 0 Å². The smallest absolute Gasteiger partial charge is 0.230 e. The normalized spacial score (nSPS) is 11.2. The molecule has 184 valence electrons. The van der Waals surface area contributed by atoms with Gasteiger partial charge in [0.2, 0.25) is 0 Å². The van der Waals surface area contributed by atoms with Gasteiger partial charge in [-0.15, -0.1) is 0 Å². The summed E-state index contributed by atoms with van der Waals surface area (Å²) in [5, 5.41) is 0. The Hall–Kier alpha value is -2.35. The van der Waals surface area contributed by atoms with Crippen molar-refractivity contribution in [1.29, 1.82) is 0 Å². The third-order valence-corrected chi connectivity index (χ3v) is 6.96. The van der Waals surface area contributed by atoms with Gasteiger partial charge in [-0.2, -0.15) is 4.57 Å². The van der Waals surface area contributed by atoms with Crippen LogP contribution >= 0.6 is 0 Å². The standard InChI is InChI=1S/C32H47N2/c1-2-3-4-5-6-7-8-9-10-11-12-13-14-15-22-27-33-28-29-34(31-25-20-17-21-26-31)32(33)30-23-18-16-19-24-30/h16-21,23-26,28-29H,2-15,22,27H2,1H3/q+1. The lowest BCUT2D eigenvalue weighted by molar-refractivity contribution is -0.685. The van der Waals surface area contributed by atoms with Crippen LogP contribution in [-0.2, 0) is 6.54 Å². The van der Waals surface area contributed by atoms with Crippen LogP contribution in [0.5, 0.6) is 0 Å². The zero-order valence-electron chi connectivity index (χ0n) is 21.6. The van der Waals surface area contributed by atoms with Gasteiger partial charge in [0.15, 0.2) is 0 Å². The van der Waals surface area contributed by atoms with Crippen LogP contribution in [0.25, 0.3) is 17.1 Å². The lowest BCUT2D eigenvalue weighted by Gasteiger charge is -2.06. The molecular weight excluding hydrogens is 412 g/mol. The molecule has 0 saturated carbocycles. The van der Waals surface area contributed by atoms with Crippen LogP contribution in [0.3, 0.4) is 0 Å². The number of hydrogen-bond donors (Lipinski definition) is 0. The maximum Gasteiger partial charge on any atom is 0.294 e. The van der Waals surface area contributed by atoms with Crippen molar-refractivity contribution in [3.8, 4) is 17.1 Å². The highest BCUT2D eigenvalue weighted by Crippen LogP contribution is 2.20. The zero-order valence-corrected chi connectivity index (χ0v) is 21.6. The molecule has 0 aliphatic carbocycles. The highest BCUT2D eigenvalue weighted by atomic mass is 15.2. The highest BCUT2D eigenvalue weighted by molar-refractivity contribution is 5.55. The summed E-state index contributed by atoms with van der Waals surface area (Å²) in [5.74, 6) is 1.28. The fourth-order valence-corrected chi connectivity index (χ4v) is 4.95. The molecule has 0 N–H and O–H groups in total. The van der Waals surface area contributed by atoms with E-state index in [9.17, 15) is 0 Å². The Balaban J connectivity index is 1.32. The van der Waals surface area contributed by atoms with Gasteiger partial charge >= 0.3 is 0 Å². The third-order valence-electron chi connectivity index (χ3n) is 6.96. The second-order valence-corrected chi connectivity index (χ2v) is 9.84. The maximum absolute atomic E-state index is 2.44. The molecule has 0 radical (unpaired) electrons. The molecule has 0 atom stereocenters. The zero-order chi connectivity index (χ0) is 23.7. The van der Waals surface area contributed by atoms with Crippen molar-refractivity contribution in [2.45, 2.75) is 110 Å². The van der Waals surface area contributed by atoms with E-state index in [0.717, 1.165) is 6.54 Å². The van der Waals surface area contributed by atoms with E-state index in [2.05, 4.69) is 89.1 Å². The lowest BCUT2D eigenvalue weighted by Crippen LogP contribution is -2.34. The Morgan fingerprint density at radius 1 is 0.559 bits per heavy atom. The Kier molecular flexibility index (Phi) is 12.6. The van der Waals surface area contributed by atoms with E-state index in [0.29, 0.717) is 0 Å². The van der Waals surface area contributed by atoms with Crippen molar-refractivity contribution in [3.05, 3.63) is 73.1 Å². The summed E-state index contributed by atoms with van der Waals surface area (Å²) in [6.07, 6.45) is 25.6. The third kappa shape index (κ3) is 9.12. The van der Waals surface area contributed by atoms with Gasteiger partial charge < -0.3 is 0 Å². The van der Waals surface area contributed by atoms with Gasteiger partial charge in [-0.1, -0.05) is 127 Å².